The summed E-state index contributed by atoms with van der Waals surface area (Å²) in [6, 6.07) is 0. The zero-order chi connectivity index (χ0) is 27.9. The van der Waals surface area contributed by atoms with Gasteiger partial charge in [-0.05, 0) is 46.5 Å². The summed E-state index contributed by atoms with van der Waals surface area (Å²) in [5.41, 5.74) is -0.817. The van der Waals surface area contributed by atoms with E-state index in [1.54, 1.807) is 48.5 Å². The molecule has 0 aromatic heterocycles. The monoisotopic (exact) mass is 522 g/mol. The summed E-state index contributed by atoms with van der Waals surface area (Å²) in [6.07, 6.45) is -5.11. The molecule has 0 amide bonds. The highest BCUT2D eigenvalue weighted by Crippen LogP contribution is 2.14. The molecule has 0 aliphatic rings. The molecule has 0 spiro atoms. The van der Waals surface area contributed by atoms with E-state index in [0.29, 0.717) is 12.8 Å². The second kappa shape index (κ2) is 17.2. The lowest BCUT2D eigenvalue weighted by molar-refractivity contribution is -0.284. The number of unbranched alkanes of at least 4 members (excludes halogenated alkanes) is 1. The molecule has 4 unspecified atom stereocenters. The Morgan fingerprint density at radius 1 is 0.861 bits per heavy atom. The number of ether oxygens (including phenoxy) is 7. The molecule has 0 rings (SSSR count). The molecule has 4 atom stereocenters. The molecule has 0 saturated carbocycles. The number of carbonyl (C=O) groups excluding carboxylic acids is 4. The molecule has 0 aromatic carbocycles. The van der Waals surface area contributed by atoms with Crippen molar-refractivity contribution in [2.45, 2.75) is 105 Å². The molecule has 1 N–H and O–H groups in total. The van der Waals surface area contributed by atoms with Crippen LogP contribution < -0.4 is 0 Å². The van der Waals surface area contributed by atoms with Crippen molar-refractivity contribution in [3.8, 4) is 0 Å². The molecule has 0 aliphatic carbocycles. The average molecular weight is 523 g/mol. The van der Waals surface area contributed by atoms with Gasteiger partial charge < -0.3 is 38.3 Å². The van der Waals surface area contributed by atoms with Crippen LogP contribution in [-0.4, -0.2) is 79.4 Å². The Labute approximate surface area is 212 Å². The Hall–Kier alpha value is -2.28. The molecule has 0 radical (unpaired) electrons. The molecule has 36 heavy (non-hydrogen) atoms. The quantitative estimate of drug-likeness (QED) is 0.129. The number of esters is 4. The molecule has 0 fully saturated rings. The van der Waals surface area contributed by atoms with Gasteiger partial charge in [0.05, 0.1) is 19.3 Å². The summed E-state index contributed by atoms with van der Waals surface area (Å²) in [7, 11) is 0. The minimum atomic E-state index is -2.23. The van der Waals surface area contributed by atoms with Crippen molar-refractivity contribution >= 4 is 23.9 Å². The van der Waals surface area contributed by atoms with E-state index in [4.69, 9.17) is 33.2 Å². The van der Waals surface area contributed by atoms with Crippen molar-refractivity contribution < 1.29 is 57.4 Å². The van der Waals surface area contributed by atoms with Gasteiger partial charge in [-0.2, -0.15) is 0 Å². The van der Waals surface area contributed by atoms with Crippen LogP contribution in [0.2, 0.25) is 0 Å². The van der Waals surface area contributed by atoms with Gasteiger partial charge in [-0.3, -0.25) is 0 Å². The molecule has 0 aromatic rings. The molecule has 12 heteroatoms. The molecular formula is C24H42O12. The lowest BCUT2D eigenvalue weighted by Crippen LogP contribution is -2.44. The fraction of sp³-hybridized carbons (Fsp3) is 0.833. The molecule has 0 saturated heterocycles. The van der Waals surface area contributed by atoms with Gasteiger partial charge >= 0.3 is 23.9 Å². The molecule has 0 aliphatic heterocycles. The zero-order valence-electron chi connectivity index (χ0n) is 22.6. The van der Waals surface area contributed by atoms with E-state index < -0.39 is 61.1 Å². The third-order valence-corrected chi connectivity index (χ3v) is 4.05. The molecule has 210 valence electrons. The Morgan fingerprint density at radius 3 is 2.03 bits per heavy atom. The van der Waals surface area contributed by atoms with Crippen LogP contribution in [-0.2, 0) is 52.3 Å². The molecule has 12 nitrogen and oxygen atoms in total. The zero-order valence-corrected chi connectivity index (χ0v) is 22.6. The van der Waals surface area contributed by atoms with Crippen molar-refractivity contribution in [3.05, 3.63) is 0 Å². The lowest BCUT2D eigenvalue weighted by atomic mass is 10.2. The van der Waals surface area contributed by atoms with Gasteiger partial charge in [0.1, 0.15) is 12.2 Å². The van der Waals surface area contributed by atoms with E-state index in [9.17, 15) is 24.3 Å². The maximum absolute atomic E-state index is 12.6. The van der Waals surface area contributed by atoms with E-state index in [1.165, 1.54) is 0 Å². The van der Waals surface area contributed by atoms with Gasteiger partial charge in [-0.1, -0.05) is 34.1 Å². The number of carbonyl (C=O) groups is 4. The highest BCUT2D eigenvalue weighted by molar-refractivity contribution is 5.78. The van der Waals surface area contributed by atoms with Crippen molar-refractivity contribution in [3.63, 3.8) is 0 Å². The summed E-state index contributed by atoms with van der Waals surface area (Å²) < 4.78 is 35.8. The van der Waals surface area contributed by atoms with Crippen LogP contribution in [0.15, 0.2) is 0 Å². The van der Waals surface area contributed by atoms with Crippen LogP contribution in [0.25, 0.3) is 0 Å². The second-order valence-electron chi connectivity index (χ2n) is 9.39. The number of rotatable bonds is 17. The number of hydrogen-bond donors (Lipinski definition) is 1. The minimum absolute atomic E-state index is 0.0102. The summed E-state index contributed by atoms with van der Waals surface area (Å²) >= 11 is 0. The summed E-state index contributed by atoms with van der Waals surface area (Å²) in [6.45, 7) is 13.0. The maximum atomic E-state index is 12.6. The fourth-order valence-electron chi connectivity index (χ4n) is 2.15. The van der Waals surface area contributed by atoms with Crippen molar-refractivity contribution in [1.29, 1.82) is 0 Å². The number of aliphatic hydroxyl groups excluding tert-OH is 1. The van der Waals surface area contributed by atoms with E-state index in [2.05, 4.69) is 0 Å². The highest BCUT2D eigenvalue weighted by atomic mass is 16.8. The predicted octanol–water partition coefficient (Wildman–Crippen LogP) is 2.23. The van der Waals surface area contributed by atoms with Gasteiger partial charge in [0, 0.05) is 0 Å². The van der Waals surface area contributed by atoms with Crippen LogP contribution >= 0.6 is 0 Å². The first kappa shape index (κ1) is 33.7. The fourth-order valence-corrected chi connectivity index (χ4v) is 2.15. The Morgan fingerprint density at radius 2 is 1.50 bits per heavy atom. The van der Waals surface area contributed by atoms with Crippen molar-refractivity contribution in [1.82, 2.24) is 0 Å². The summed E-state index contributed by atoms with van der Waals surface area (Å²) in [5.74, 6) is -4.24. The van der Waals surface area contributed by atoms with Crippen LogP contribution in [0.1, 0.15) is 74.7 Å². The van der Waals surface area contributed by atoms with E-state index in [0.717, 1.165) is 6.42 Å². The van der Waals surface area contributed by atoms with E-state index >= 15 is 0 Å². The standard InChI is InChI=1S/C24H42O12/c1-9-11-12-30-18(26)19(27)34-23(21(29)33-16(5)10-2)35-22(20(28)31-13-15(3)4)32-14-17(25)36-24(6,7)8/h15-16,19,22-23,27H,9-14H2,1-8H3. The van der Waals surface area contributed by atoms with E-state index in [1.807, 2.05) is 6.92 Å². The largest absolute Gasteiger partial charge is 0.462 e. The van der Waals surface area contributed by atoms with Crippen molar-refractivity contribution in [2.75, 3.05) is 19.8 Å². The Kier molecular flexibility index (Phi) is 16.1. The average Bonchev–Trinajstić information content (AvgIpc) is 2.77. The van der Waals surface area contributed by atoms with Crippen LogP contribution in [0, 0.1) is 5.92 Å². The van der Waals surface area contributed by atoms with Crippen LogP contribution in [0.5, 0.6) is 0 Å². The smallest absolute Gasteiger partial charge is 0.363 e. The molecular weight excluding hydrogens is 480 g/mol. The number of aliphatic hydroxyl groups is 1. The van der Waals surface area contributed by atoms with Crippen LogP contribution in [0.4, 0.5) is 0 Å². The van der Waals surface area contributed by atoms with Gasteiger partial charge in [0.15, 0.2) is 0 Å². The van der Waals surface area contributed by atoms with Gasteiger partial charge in [0.25, 0.3) is 18.9 Å². The van der Waals surface area contributed by atoms with Gasteiger partial charge in [-0.15, -0.1) is 0 Å². The summed E-state index contributed by atoms with van der Waals surface area (Å²) in [4.78, 5) is 49.3. The van der Waals surface area contributed by atoms with Gasteiger partial charge in [-0.25, -0.2) is 19.2 Å². The third kappa shape index (κ3) is 15.7. The highest BCUT2D eigenvalue weighted by Gasteiger charge is 2.36. The SMILES string of the molecule is CCCCOC(=O)C(O)OC(OC(OCC(=O)OC(C)(C)C)C(=O)OCC(C)C)C(=O)OC(C)CC. The molecule has 0 bridgehead atoms. The first-order valence-electron chi connectivity index (χ1n) is 12.1. The lowest BCUT2D eigenvalue weighted by Gasteiger charge is -2.25. The van der Waals surface area contributed by atoms with Gasteiger partial charge in [0.2, 0.25) is 0 Å². The van der Waals surface area contributed by atoms with Crippen LogP contribution in [0.3, 0.4) is 0 Å². The normalized spacial score (nSPS) is 14.9. The minimum Gasteiger partial charge on any atom is -0.462 e. The second-order valence-corrected chi connectivity index (χ2v) is 9.39. The predicted molar refractivity (Wildman–Crippen MR) is 125 cm³/mol. The first-order valence-corrected chi connectivity index (χ1v) is 12.1. The van der Waals surface area contributed by atoms with Crippen molar-refractivity contribution in [2.24, 2.45) is 5.92 Å². The third-order valence-electron chi connectivity index (χ3n) is 4.05. The molecule has 0 heterocycles. The Balaban J connectivity index is 5.64. The topological polar surface area (TPSA) is 153 Å². The summed E-state index contributed by atoms with van der Waals surface area (Å²) in [5, 5.41) is 10.1. The maximum Gasteiger partial charge on any atom is 0.363 e. The number of hydrogen-bond acceptors (Lipinski definition) is 12. The Bertz CT molecular complexity index is 685. The van der Waals surface area contributed by atoms with E-state index in [-0.39, 0.29) is 19.1 Å². The first-order chi connectivity index (χ1) is 16.7.